The lowest BCUT2D eigenvalue weighted by Crippen LogP contribution is -2.32. The van der Waals surface area contributed by atoms with Gasteiger partial charge in [0.15, 0.2) is 0 Å². The van der Waals surface area contributed by atoms with Crippen molar-refractivity contribution >= 4 is 23.6 Å². The van der Waals surface area contributed by atoms with E-state index in [0.29, 0.717) is 17.8 Å². The molecule has 2 aromatic rings. The number of benzene rings is 1. The van der Waals surface area contributed by atoms with Crippen LogP contribution in [-0.2, 0) is 16.6 Å². The number of ether oxygens (including phenoxy) is 1. The molecule has 1 aliphatic heterocycles. The van der Waals surface area contributed by atoms with E-state index in [-0.39, 0.29) is 17.9 Å². The second-order valence-electron chi connectivity index (χ2n) is 6.16. The number of hydrogen-bond donors (Lipinski definition) is 2. The zero-order chi connectivity index (χ0) is 18.4. The van der Waals surface area contributed by atoms with Crippen LogP contribution in [0.25, 0.3) is 6.08 Å². The maximum atomic E-state index is 12.4. The Morgan fingerprint density at radius 1 is 1.38 bits per heavy atom. The van der Waals surface area contributed by atoms with Gasteiger partial charge in [0.05, 0.1) is 23.6 Å². The average molecular weight is 354 g/mol. The van der Waals surface area contributed by atoms with E-state index in [2.05, 4.69) is 15.7 Å². The molecule has 1 fully saturated rings. The molecule has 26 heavy (non-hydrogen) atoms. The molecule has 2 amide bonds. The number of anilines is 1. The fourth-order valence-electron chi connectivity index (χ4n) is 2.77. The number of aryl methyl sites for hydroxylation is 1. The van der Waals surface area contributed by atoms with E-state index in [1.165, 1.54) is 6.08 Å². The quantitative estimate of drug-likeness (QED) is 0.777. The number of amides is 2. The summed E-state index contributed by atoms with van der Waals surface area (Å²) in [7, 11) is 1.81. The fraction of sp³-hybridized carbons (Fsp3) is 0.316. The Balaban J connectivity index is 1.61. The van der Waals surface area contributed by atoms with E-state index in [9.17, 15) is 9.59 Å². The van der Waals surface area contributed by atoms with Gasteiger partial charge in [-0.25, -0.2) is 0 Å². The molecule has 0 aliphatic carbocycles. The van der Waals surface area contributed by atoms with Crippen LogP contribution in [0.5, 0.6) is 0 Å². The monoisotopic (exact) mass is 354 g/mol. The first kappa shape index (κ1) is 17.9. The summed E-state index contributed by atoms with van der Waals surface area (Å²) in [5.74, 6) is -0.541. The number of nitrogens with zero attached hydrogens (tertiary/aromatic N) is 2. The summed E-state index contributed by atoms with van der Waals surface area (Å²) in [6, 6.07) is 6.93. The van der Waals surface area contributed by atoms with E-state index in [0.717, 1.165) is 25.0 Å². The molecular weight excluding hydrogens is 332 g/mol. The van der Waals surface area contributed by atoms with Crippen LogP contribution in [0.1, 0.15) is 28.8 Å². The van der Waals surface area contributed by atoms with Crippen LogP contribution in [0.3, 0.4) is 0 Å². The highest BCUT2D eigenvalue weighted by molar-refractivity contribution is 6.07. The highest BCUT2D eigenvalue weighted by Crippen LogP contribution is 2.16. The normalized spacial score (nSPS) is 16.7. The van der Waals surface area contributed by atoms with Crippen molar-refractivity contribution in [2.75, 3.05) is 18.5 Å². The molecule has 0 bridgehead atoms. The number of carbonyl (C=O) groups is 2. The topological polar surface area (TPSA) is 85.2 Å². The Labute approximate surface area is 152 Å². The van der Waals surface area contributed by atoms with Crippen LogP contribution in [0.15, 0.2) is 42.7 Å². The van der Waals surface area contributed by atoms with E-state index in [4.69, 9.17) is 4.74 Å². The van der Waals surface area contributed by atoms with E-state index >= 15 is 0 Å². The van der Waals surface area contributed by atoms with Gasteiger partial charge in [-0.2, -0.15) is 5.10 Å². The van der Waals surface area contributed by atoms with Gasteiger partial charge in [0.25, 0.3) is 5.91 Å². The van der Waals surface area contributed by atoms with Gasteiger partial charge in [-0.3, -0.25) is 14.3 Å². The number of hydrogen-bond acceptors (Lipinski definition) is 4. The molecule has 0 saturated carbocycles. The van der Waals surface area contributed by atoms with Gasteiger partial charge in [0, 0.05) is 38.0 Å². The van der Waals surface area contributed by atoms with Crippen LogP contribution in [0.2, 0.25) is 0 Å². The zero-order valence-corrected chi connectivity index (χ0v) is 14.6. The van der Waals surface area contributed by atoms with Crippen LogP contribution < -0.4 is 10.6 Å². The van der Waals surface area contributed by atoms with Crippen molar-refractivity contribution < 1.29 is 14.3 Å². The van der Waals surface area contributed by atoms with Crippen molar-refractivity contribution in [1.29, 1.82) is 0 Å². The summed E-state index contributed by atoms with van der Waals surface area (Å²) in [6.07, 6.45) is 8.60. The van der Waals surface area contributed by atoms with Crippen molar-refractivity contribution in [1.82, 2.24) is 15.1 Å². The third kappa shape index (κ3) is 4.80. The van der Waals surface area contributed by atoms with Crippen LogP contribution in [-0.4, -0.2) is 40.9 Å². The van der Waals surface area contributed by atoms with Crippen molar-refractivity contribution in [2.24, 2.45) is 7.05 Å². The highest BCUT2D eigenvalue weighted by atomic mass is 16.5. The Morgan fingerprint density at radius 3 is 2.96 bits per heavy atom. The molecule has 0 spiro atoms. The molecule has 2 heterocycles. The lowest BCUT2D eigenvalue weighted by molar-refractivity contribution is -0.111. The Morgan fingerprint density at radius 2 is 2.23 bits per heavy atom. The predicted molar refractivity (Wildman–Crippen MR) is 98.6 cm³/mol. The minimum atomic E-state index is -0.312. The predicted octanol–water partition coefficient (Wildman–Crippen LogP) is 1.98. The van der Waals surface area contributed by atoms with E-state index in [1.54, 1.807) is 47.4 Å². The molecule has 136 valence electrons. The molecule has 7 heteroatoms. The van der Waals surface area contributed by atoms with Crippen molar-refractivity contribution in [2.45, 2.75) is 18.9 Å². The Bertz CT molecular complexity index is 807. The molecule has 7 nitrogen and oxygen atoms in total. The third-order valence-electron chi connectivity index (χ3n) is 4.10. The number of para-hydroxylation sites is 1. The van der Waals surface area contributed by atoms with Crippen LogP contribution in [0.4, 0.5) is 5.69 Å². The molecule has 1 unspecified atom stereocenters. The maximum absolute atomic E-state index is 12.4. The maximum Gasteiger partial charge on any atom is 0.253 e. The molecule has 1 aliphatic rings. The summed E-state index contributed by atoms with van der Waals surface area (Å²) in [4.78, 5) is 24.6. The summed E-state index contributed by atoms with van der Waals surface area (Å²) < 4.78 is 7.17. The van der Waals surface area contributed by atoms with Gasteiger partial charge < -0.3 is 15.4 Å². The van der Waals surface area contributed by atoms with Crippen molar-refractivity contribution in [3.8, 4) is 0 Å². The second-order valence-corrected chi connectivity index (χ2v) is 6.16. The largest absolute Gasteiger partial charge is 0.376 e. The average Bonchev–Trinajstić information content (AvgIpc) is 3.30. The number of nitrogens with one attached hydrogen (secondary N) is 2. The lowest BCUT2D eigenvalue weighted by Gasteiger charge is -2.13. The van der Waals surface area contributed by atoms with Crippen molar-refractivity contribution in [3.63, 3.8) is 0 Å². The van der Waals surface area contributed by atoms with Gasteiger partial charge in [0.1, 0.15) is 0 Å². The Hall–Kier alpha value is -2.93. The smallest absolute Gasteiger partial charge is 0.253 e. The van der Waals surface area contributed by atoms with E-state index in [1.807, 2.05) is 7.05 Å². The summed E-state index contributed by atoms with van der Waals surface area (Å²) >= 11 is 0. The molecule has 0 radical (unpaired) electrons. The van der Waals surface area contributed by atoms with Gasteiger partial charge >= 0.3 is 0 Å². The number of rotatable bonds is 6. The molecule has 1 atom stereocenters. The van der Waals surface area contributed by atoms with Gasteiger partial charge in [0.2, 0.25) is 5.91 Å². The molecule has 3 rings (SSSR count). The SMILES string of the molecule is Cn1cc(C=CC(=O)Nc2ccccc2C(=O)NCC2CCCO2)cn1. The van der Waals surface area contributed by atoms with Crippen LogP contribution >= 0.6 is 0 Å². The second kappa shape index (κ2) is 8.44. The first-order valence-electron chi connectivity index (χ1n) is 8.58. The zero-order valence-electron chi connectivity index (χ0n) is 14.6. The summed E-state index contributed by atoms with van der Waals surface area (Å²) in [5.41, 5.74) is 1.72. The molecular formula is C19H22N4O3. The van der Waals surface area contributed by atoms with Crippen LogP contribution in [0, 0.1) is 0 Å². The molecule has 1 aromatic carbocycles. The lowest BCUT2D eigenvalue weighted by atomic mass is 10.1. The minimum absolute atomic E-state index is 0.0723. The Kier molecular flexibility index (Phi) is 5.80. The number of aromatic nitrogens is 2. The van der Waals surface area contributed by atoms with Gasteiger partial charge in [-0.15, -0.1) is 0 Å². The fourth-order valence-corrected chi connectivity index (χ4v) is 2.77. The van der Waals surface area contributed by atoms with Crippen molar-refractivity contribution in [3.05, 3.63) is 53.9 Å². The first-order valence-corrected chi connectivity index (χ1v) is 8.58. The molecule has 2 N–H and O–H groups in total. The van der Waals surface area contributed by atoms with Gasteiger partial charge in [-0.05, 0) is 31.1 Å². The molecule has 1 aromatic heterocycles. The summed E-state index contributed by atoms with van der Waals surface area (Å²) in [6.45, 7) is 1.22. The first-order chi connectivity index (χ1) is 12.6. The highest BCUT2D eigenvalue weighted by Gasteiger charge is 2.18. The molecule has 1 saturated heterocycles. The number of carbonyl (C=O) groups excluding carboxylic acids is 2. The third-order valence-corrected chi connectivity index (χ3v) is 4.10. The standard InChI is InChI=1S/C19H22N4O3/c1-23-13-14(11-21-23)8-9-18(24)22-17-7-3-2-6-16(17)19(25)20-12-15-5-4-10-26-15/h2-3,6-9,11,13,15H,4-5,10,12H2,1H3,(H,20,25)(H,22,24). The minimum Gasteiger partial charge on any atom is -0.376 e. The summed E-state index contributed by atoms with van der Waals surface area (Å²) in [5, 5.41) is 9.66. The van der Waals surface area contributed by atoms with Gasteiger partial charge in [-0.1, -0.05) is 12.1 Å². The van der Waals surface area contributed by atoms with E-state index < -0.39 is 0 Å².